The lowest BCUT2D eigenvalue weighted by molar-refractivity contribution is 0.0380. The lowest BCUT2D eigenvalue weighted by Gasteiger charge is -2.37. The number of fused-ring (bicyclic) bond motifs is 1. The Morgan fingerprint density at radius 2 is 2.21 bits per heavy atom. The van der Waals surface area contributed by atoms with Crippen LogP contribution in [0.5, 0.6) is 0 Å². The summed E-state index contributed by atoms with van der Waals surface area (Å²) in [5.74, 6) is 0. The van der Waals surface area contributed by atoms with Crippen LogP contribution < -0.4 is 11.1 Å². The van der Waals surface area contributed by atoms with Gasteiger partial charge in [0.05, 0.1) is 35.2 Å². The third kappa shape index (κ3) is 2.24. The van der Waals surface area contributed by atoms with Crippen LogP contribution in [0, 0.1) is 0 Å². The first kappa shape index (κ1) is 12.3. The van der Waals surface area contributed by atoms with Gasteiger partial charge in [-0.15, -0.1) is 0 Å². The highest BCUT2D eigenvalue weighted by Crippen LogP contribution is 2.31. The van der Waals surface area contributed by atoms with Gasteiger partial charge in [-0.1, -0.05) is 0 Å². The molecule has 2 heterocycles. The molecule has 0 atom stereocenters. The van der Waals surface area contributed by atoms with E-state index >= 15 is 0 Å². The standard InChI is InChI=1S/C13H18N4O2/c14-10-5-9-7-15-17-11(9)6-12(10)16-13(8-18)1-3-19-4-2-13/h5-7,16,18H,1-4,8,14H2,(H,15,17). The van der Waals surface area contributed by atoms with Gasteiger partial charge in [0.1, 0.15) is 0 Å². The van der Waals surface area contributed by atoms with Crippen LogP contribution >= 0.6 is 0 Å². The van der Waals surface area contributed by atoms with E-state index in [-0.39, 0.29) is 12.1 Å². The maximum Gasteiger partial charge on any atom is 0.0672 e. The third-order valence-electron chi connectivity index (χ3n) is 3.76. The van der Waals surface area contributed by atoms with E-state index in [4.69, 9.17) is 10.5 Å². The molecule has 19 heavy (non-hydrogen) atoms. The number of benzene rings is 1. The van der Waals surface area contributed by atoms with Crippen molar-refractivity contribution in [3.63, 3.8) is 0 Å². The molecule has 6 heteroatoms. The molecular formula is C13H18N4O2. The molecule has 1 aromatic carbocycles. The lowest BCUT2D eigenvalue weighted by atomic mass is 9.90. The van der Waals surface area contributed by atoms with Gasteiger partial charge < -0.3 is 20.9 Å². The maximum atomic E-state index is 9.69. The fourth-order valence-electron chi connectivity index (χ4n) is 2.49. The molecule has 0 bridgehead atoms. The zero-order valence-electron chi connectivity index (χ0n) is 10.6. The van der Waals surface area contributed by atoms with E-state index in [1.54, 1.807) is 6.20 Å². The summed E-state index contributed by atoms with van der Waals surface area (Å²) >= 11 is 0. The first-order valence-electron chi connectivity index (χ1n) is 6.42. The number of nitrogens with two attached hydrogens (primary N) is 1. The number of nitrogens with one attached hydrogen (secondary N) is 2. The summed E-state index contributed by atoms with van der Waals surface area (Å²) in [5.41, 5.74) is 8.13. The van der Waals surface area contributed by atoms with Crippen molar-refractivity contribution in [2.45, 2.75) is 18.4 Å². The van der Waals surface area contributed by atoms with E-state index in [1.165, 1.54) is 0 Å². The van der Waals surface area contributed by atoms with Crippen molar-refractivity contribution in [1.82, 2.24) is 10.2 Å². The summed E-state index contributed by atoms with van der Waals surface area (Å²) in [5, 5.41) is 21.0. The highest BCUT2D eigenvalue weighted by molar-refractivity contribution is 5.88. The third-order valence-corrected chi connectivity index (χ3v) is 3.76. The second kappa shape index (κ2) is 4.71. The topological polar surface area (TPSA) is 96.2 Å². The number of aromatic nitrogens is 2. The first-order chi connectivity index (χ1) is 9.22. The van der Waals surface area contributed by atoms with Gasteiger partial charge in [0.15, 0.2) is 0 Å². The number of nitrogens with zero attached hydrogens (tertiary/aromatic N) is 1. The summed E-state index contributed by atoms with van der Waals surface area (Å²) in [6, 6.07) is 3.82. The average molecular weight is 262 g/mol. The Hall–Kier alpha value is -1.79. The maximum absolute atomic E-state index is 9.69. The van der Waals surface area contributed by atoms with Crippen molar-refractivity contribution in [3.8, 4) is 0 Å². The zero-order valence-corrected chi connectivity index (χ0v) is 10.6. The molecule has 1 fully saturated rings. The van der Waals surface area contributed by atoms with Crippen LogP contribution in [0.15, 0.2) is 18.3 Å². The largest absolute Gasteiger partial charge is 0.397 e. The Kier molecular flexibility index (Phi) is 3.04. The van der Waals surface area contributed by atoms with Gasteiger partial charge in [0.25, 0.3) is 0 Å². The van der Waals surface area contributed by atoms with Crippen molar-refractivity contribution in [2.24, 2.45) is 0 Å². The Labute approximate surface area is 110 Å². The highest BCUT2D eigenvalue weighted by atomic mass is 16.5. The number of aliphatic hydroxyl groups is 1. The SMILES string of the molecule is Nc1cc2cn[nH]c2cc1NC1(CO)CCOCC1. The fraction of sp³-hybridized carbons (Fsp3) is 0.462. The van der Waals surface area contributed by atoms with E-state index in [0.717, 1.165) is 29.4 Å². The van der Waals surface area contributed by atoms with Gasteiger partial charge >= 0.3 is 0 Å². The second-order valence-electron chi connectivity index (χ2n) is 5.07. The quantitative estimate of drug-likeness (QED) is 0.621. The van der Waals surface area contributed by atoms with Crippen LogP contribution in [0.25, 0.3) is 10.9 Å². The van der Waals surface area contributed by atoms with Gasteiger partial charge in [-0.05, 0) is 25.0 Å². The summed E-state index contributed by atoms with van der Waals surface area (Å²) in [4.78, 5) is 0. The Morgan fingerprint density at radius 3 is 2.95 bits per heavy atom. The zero-order chi connectivity index (χ0) is 13.3. The highest BCUT2D eigenvalue weighted by Gasteiger charge is 2.32. The van der Waals surface area contributed by atoms with E-state index in [1.807, 2.05) is 12.1 Å². The molecule has 1 saturated heterocycles. The van der Waals surface area contributed by atoms with Crippen LogP contribution in [0.4, 0.5) is 11.4 Å². The fourth-order valence-corrected chi connectivity index (χ4v) is 2.49. The molecule has 0 radical (unpaired) electrons. The van der Waals surface area contributed by atoms with Crippen molar-refractivity contribution in [2.75, 3.05) is 30.9 Å². The number of hydrogen-bond donors (Lipinski definition) is 4. The van der Waals surface area contributed by atoms with Crippen molar-refractivity contribution >= 4 is 22.3 Å². The van der Waals surface area contributed by atoms with E-state index in [2.05, 4.69) is 15.5 Å². The van der Waals surface area contributed by atoms with E-state index < -0.39 is 0 Å². The molecule has 0 amide bonds. The Morgan fingerprint density at radius 1 is 1.42 bits per heavy atom. The predicted molar refractivity (Wildman–Crippen MR) is 74.0 cm³/mol. The Balaban J connectivity index is 1.92. The van der Waals surface area contributed by atoms with Crippen LogP contribution in [-0.2, 0) is 4.74 Å². The molecule has 0 spiro atoms. The van der Waals surface area contributed by atoms with E-state index in [0.29, 0.717) is 18.9 Å². The molecule has 3 rings (SSSR count). The number of anilines is 2. The van der Waals surface area contributed by atoms with Crippen molar-refractivity contribution in [3.05, 3.63) is 18.3 Å². The monoisotopic (exact) mass is 262 g/mol. The number of nitrogen functional groups attached to an aromatic ring is 1. The van der Waals surface area contributed by atoms with Crippen LogP contribution in [0.2, 0.25) is 0 Å². The van der Waals surface area contributed by atoms with Crippen LogP contribution in [0.1, 0.15) is 12.8 Å². The van der Waals surface area contributed by atoms with Crippen molar-refractivity contribution < 1.29 is 9.84 Å². The number of rotatable bonds is 3. The molecule has 0 unspecified atom stereocenters. The summed E-state index contributed by atoms with van der Waals surface area (Å²) in [7, 11) is 0. The molecule has 1 aliphatic rings. The van der Waals surface area contributed by atoms with E-state index in [9.17, 15) is 5.11 Å². The number of ether oxygens (including phenoxy) is 1. The number of aliphatic hydroxyl groups excluding tert-OH is 1. The normalized spacial score (nSPS) is 18.6. The summed E-state index contributed by atoms with van der Waals surface area (Å²) < 4.78 is 5.35. The number of hydrogen-bond acceptors (Lipinski definition) is 5. The smallest absolute Gasteiger partial charge is 0.0672 e. The molecule has 6 nitrogen and oxygen atoms in total. The number of H-pyrrole nitrogens is 1. The lowest BCUT2D eigenvalue weighted by Crippen LogP contribution is -2.47. The molecule has 0 saturated carbocycles. The average Bonchev–Trinajstić information content (AvgIpc) is 2.87. The van der Waals surface area contributed by atoms with Crippen LogP contribution in [-0.4, -0.2) is 40.7 Å². The second-order valence-corrected chi connectivity index (χ2v) is 5.07. The minimum Gasteiger partial charge on any atom is -0.397 e. The minimum atomic E-state index is -0.347. The van der Waals surface area contributed by atoms with Gasteiger partial charge in [0, 0.05) is 18.6 Å². The first-order valence-corrected chi connectivity index (χ1v) is 6.42. The predicted octanol–water partition coefficient (Wildman–Crippen LogP) is 1.10. The van der Waals surface area contributed by atoms with Gasteiger partial charge in [0.2, 0.25) is 0 Å². The van der Waals surface area contributed by atoms with Crippen LogP contribution in [0.3, 0.4) is 0 Å². The van der Waals surface area contributed by atoms with Crippen molar-refractivity contribution in [1.29, 1.82) is 0 Å². The molecule has 1 aliphatic heterocycles. The molecule has 5 N–H and O–H groups in total. The number of aromatic amines is 1. The molecule has 2 aromatic rings. The summed E-state index contributed by atoms with van der Waals surface area (Å²) in [6.45, 7) is 1.37. The Bertz CT molecular complexity index is 575. The van der Waals surface area contributed by atoms with Gasteiger partial charge in [-0.3, -0.25) is 5.10 Å². The molecular weight excluding hydrogens is 244 g/mol. The molecule has 102 valence electrons. The molecule has 1 aromatic heterocycles. The minimum absolute atomic E-state index is 0.0663. The summed E-state index contributed by atoms with van der Waals surface area (Å²) in [6.07, 6.45) is 3.28. The van der Waals surface area contributed by atoms with Gasteiger partial charge in [-0.25, -0.2) is 0 Å². The van der Waals surface area contributed by atoms with Gasteiger partial charge in [-0.2, -0.15) is 5.10 Å². The molecule has 0 aliphatic carbocycles.